The second-order valence-corrected chi connectivity index (χ2v) is 5.73. The Hall–Kier alpha value is -1.85. The van der Waals surface area contributed by atoms with Crippen molar-refractivity contribution in [3.8, 4) is 11.4 Å². The van der Waals surface area contributed by atoms with Crippen LogP contribution in [0.1, 0.15) is 10.4 Å². The number of hydrogen-bond acceptors (Lipinski definition) is 3. The number of aromatic nitrogens is 2. The molecule has 0 fully saturated rings. The molecule has 0 saturated heterocycles. The molecule has 21 heavy (non-hydrogen) atoms. The fourth-order valence-corrected chi connectivity index (χ4v) is 2.73. The minimum absolute atomic E-state index is 0.389. The van der Waals surface area contributed by atoms with E-state index in [4.69, 9.17) is 16.3 Å². The molecule has 106 valence electrons. The van der Waals surface area contributed by atoms with Crippen LogP contribution in [0.15, 0.2) is 40.9 Å². The molecule has 0 radical (unpaired) electrons. The number of benzene rings is 2. The minimum Gasteiger partial charge on any atom is -0.465 e. The van der Waals surface area contributed by atoms with E-state index in [0.29, 0.717) is 16.4 Å². The third kappa shape index (κ3) is 2.66. The highest BCUT2D eigenvalue weighted by molar-refractivity contribution is 9.10. The van der Waals surface area contributed by atoms with E-state index >= 15 is 0 Å². The Morgan fingerprint density at radius 2 is 2.00 bits per heavy atom. The maximum Gasteiger partial charge on any atom is 0.337 e. The quantitative estimate of drug-likeness (QED) is 0.683. The number of rotatable bonds is 2. The van der Waals surface area contributed by atoms with Gasteiger partial charge in [-0.15, -0.1) is 0 Å². The molecule has 1 N–H and O–H groups in total. The zero-order valence-corrected chi connectivity index (χ0v) is 13.3. The molecule has 4 nitrogen and oxygen atoms in total. The lowest BCUT2D eigenvalue weighted by molar-refractivity contribution is 0.0601. The van der Waals surface area contributed by atoms with Gasteiger partial charge in [-0.1, -0.05) is 11.6 Å². The van der Waals surface area contributed by atoms with Crippen LogP contribution in [0.5, 0.6) is 0 Å². The lowest BCUT2D eigenvalue weighted by Crippen LogP contribution is -2.00. The van der Waals surface area contributed by atoms with Crippen molar-refractivity contribution in [2.24, 2.45) is 0 Å². The molecule has 0 bridgehead atoms. The number of nitrogens with zero attached hydrogens (tertiary/aromatic N) is 1. The Morgan fingerprint density at radius 1 is 1.29 bits per heavy atom. The number of carbonyl (C=O) groups excluding carboxylic acids is 1. The summed E-state index contributed by atoms with van der Waals surface area (Å²) in [5.74, 6) is 0.324. The number of nitrogens with one attached hydrogen (secondary N) is 1. The van der Waals surface area contributed by atoms with Gasteiger partial charge in [0.1, 0.15) is 11.3 Å². The molecule has 3 aromatic rings. The van der Waals surface area contributed by atoms with Crippen molar-refractivity contribution >= 4 is 44.5 Å². The van der Waals surface area contributed by atoms with Gasteiger partial charge < -0.3 is 9.72 Å². The Kier molecular flexibility index (Phi) is 3.69. The Labute approximate surface area is 134 Å². The second kappa shape index (κ2) is 5.50. The van der Waals surface area contributed by atoms with Crippen LogP contribution in [0.25, 0.3) is 22.4 Å². The first-order valence-corrected chi connectivity index (χ1v) is 7.29. The van der Waals surface area contributed by atoms with Gasteiger partial charge in [-0.2, -0.15) is 0 Å². The van der Waals surface area contributed by atoms with E-state index in [1.54, 1.807) is 24.3 Å². The van der Waals surface area contributed by atoms with Gasteiger partial charge in [-0.05, 0) is 52.3 Å². The lowest BCUT2D eigenvalue weighted by atomic mass is 10.2. The highest BCUT2D eigenvalue weighted by Gasteiger charge is 2.13. The molecule has 0 aliphatic heterocycles. The molecule has 0 atom stereocenters. The zero-order chi connectivity index (χ0) is 15.0. The number of fused-ring (bicyclic) bond motifs is 1. The highest BCUT2D eigenvalue weighted by Crippen LogP contribution is 2.28. The van der Waals surface area contributed by atoms with Crippen LogP contribution in [0.4, 0.5) is 0 Å². The van der Waals surface area contributed by atoms with Gasteiger partial charge in [-0.25, -0.2) is 9.78 Å². The molecule has 1 heterocycles. The molecule has 3 rings (SSSR count). The first kappa shape index (κ1) is 14.1. The molecule has 0 saturated carbocycles. The summed E-state index contributed by atoms with van der Waals surface area (Å²) in [7, 11) is 1.35. The maximum atomic E-state index is 11.6. The first-order valence-electron chi connectivity index (χ1n) is 6.12. The lowest BCUT2D eigenvalue weighted by Gasteiger charge is -2.00. The molecule has 0 aliphatic rings. The first-order chi connectivity index (χ1) is 10.1. The van der Waals surface area contributed by atoms with Gasteiger partial charge in [0, 0.05) is 15.1 Å². The average molecular weight is 366 g/mol. The summed E-state index contributed by atoms with van der Waals surface area (Å²) in [6.45, 7) is 0. The summed E-state index contributed by atoms with van der Waals surface area (Å²) in [5.41, 5.74) is 2.90. The summed E-state index contributed by atoms with van der Waals surface area (Å²) in [6, 6.07) is 10.8. The molecular formula is C15H10BrClN2O2. The minimum atomic E-state index is -0.389. The van der Waals surface area contributed by atoms with Crippen LogP contribution >= 0.6 is 27.5 Å². The number of methoxy groups -OCH3 is 1. The summed E-state index contributed by atoms with van der Waals surface area (Å²) in [4.78, 5) is 19.4. The van der Waals surface area contributed by atoms with E-state index in [0.717, 1.165) is 21.1 Å². The normalized spacial score (nSPS) is 10.8. The van der Waals surface area contributed by atoms with E-state index in [-0.39, 0.29) is 5.97 Å². The van der Waals surface area contributed by atoms with Gasteiger partial charge >= 0.3 is 5.97 Å². The van der Waals surface area contributed by atoms with Gasteiger partial charge in [-0.3, -0.25) is 0 Å². The van der Waals surface area contributed by atoms with Crippen molar-refractivity contribution in [2.75, 3.05) is 7.11 Å². The third-order valence-electron chi connectivity index (χ3n) is 3.08. The van der Waals surface area contributed by atoms with Gasteiger partial charge in [0.25, 0.3) is 0 Å². The molecular weight excluding hydrogens is 356 g/mol. The van der Waals surface area contributed by atoms with Gasteiger partial charge in [0.05, 0.1) is 18.2 Å². The molecule has 6 heteroatoms. The summed E-state index contributed by atoms with van der Waals surface area (Å²) < 4.78 is 5.47. The monoisotopic (exact) mass is 364 g/mol. The number of esters is 1. The SMILES string of the molecule is COC(=O)c1cc(Br)c2nc(-c3ccc(Cl)cc3)[nH]c2c1. The van der Waals surface area contributed by atoms with Crippen molar-refractivity contribution in [1.29, 1.82) is 0 Å². The van der Waals surface area contributed by atoms with Crippen LogP contribution in [-0.2, 0) is 4.74 Å². The molecule has 0 amide bonds. The summed E-state index contributed by atoms with van der Waals surface area (Å²) >= 11 is 9.32. The van der Waals surface area contributed by atoms with Crippen molar-refractivity contribution in [1.82, 2.24) is 9.97 Å². The van der Waals surface area contributed by atoms with Crippen molar-refractivity contribution in [3.63, 3.8) is 0 Å². The zero-order valence-electron chi connectivity index (χ0n) is 11.0. The smallest absolute Gasteiger partial charge is 0.337 e. The van der Waals surface area contributed by atoms with Crippen LogP contribution < -0.4 is 0 Å². The number of H-pyrrole nitrogens is 1. The predicted octanol–water partition coefficient (Wildman–Crippen LogP) is 4.43. The van der Waals surface area contributed by atoms with Crippen LogP contribution in [0.3, 0.4) is 0 Å². The fraction of sp³-hybridized carbons (Fsp3) is 0.0667. The fourth-order valence-electron chi connectivity index (χ4n) is 2.06. The van der Waals surface area contributed by atoms with Crippen LogP contribution in [0.2, 0.25) is 5.02 Å². The van der Waals surface area contributed by atoms with E-state index in [1.807, 2.05) is 12.1 Å². The van der Waals surface area contributed by atoms with Crippen molar-refractivity contribution in [2.45, 2.75) is 0 Å². The Morgan fingerprint density at radius 3 is 2.67 bits per heavy atom. The van der Waals surface area contributed by atoms with E-state index in [9.17, 15) is 4.79 Å². The third-order valence-corrected chi connectivity index (χ3v) is 3.94. The topological polar surface area (TPSA) is 55.0 Å². The van der Waals surface area contributed by atoms with Crippen LogP contribution in [0, 0.1) is 0 Å². The number of aromatic amines is 1. The highest BCUT2D eigenvalue weighted by atomic mass is 79.9. The van der Waals surface area contributed by atoms with Crippen molar-refractivity contribution < 1.29 is 9.53 Å². The maximum absolute atomic E-state index is 11.6. The number of halogens is 2. The number of carbonyl (C=O) groups is 1. The van der Waals surface area contributed by atoms with Gasteiger partial charge in [0.15, 0.2) is 0 Å². The van der Waals surface area contributed by atoms with Crippen molar-refractivity contribution in [3.05, 3.63) is 51.5 Å². The molecule has 2 aromatic carbocycles. The predicted molar refractivity (Wildman–Crippen MR) is 85.6 cm³/mol. The Balaban J connectivity index is 2.13. The van der Waals surface area contributed by atoms with Crippen LogP contribution in [-0.4, -0.2) is 23.0 Å². The number of hydrogen-bond donors (Lipinski definition) is 1. The van der Waals surface area contributed by atoms with E-state index < -0.39 is 0 Å². The second-order valence-electron chi connectivity index (χ2n) is 4.44. The van der Waals surface area contributed by atoms with Gasteiger partial charge in [0.2, 0.25) is 0 Å². The summed E-state index contributed by atoms with van der Waals surface area (Å²) in [5, 5.41) is 0.670. The van der Waals surface area contributed by atoms with E-state index in [2.05, 4.69) is 25.9 Å². The molecule has 0 spiro atoms. The molecule has 1 aromatic heterocycles. The average Bonchev–Trinajstić information content (AvgIpc) is 2.91. The number of ether oxygens (including phenoxy) is 1. The largest absolute Gasteiger partial charge is 0.465 e. The number of imidazole rings is 1. The summed E-state index contributed by atoms with van der Waals surface area (Å²) in [6.07, 6.45) is 0. The Bertz CT molecular complexity index is 828. The molecule has 0 aliphatic carbocycles. The van der Waals surface area contributed by atoms with E-state index in [1.165, 1.54) is 7.11 Å². The standard InChI is InChI=1S/C15H10BrClN2O2/c1-21-15(20)9-6-11(16)13-12(7-9)18-14(19-13)8-2-4-10(17)5-3-8/h2-7H,1H3,(H,18,19). The molecule has 0 unspecified atom stereocenters.